The highest BCUT2D eigenvalue weighted by Crippen LogP contribution is 2.34. The van der Waals surface area contributed by atoms with Gasteiger partial charge in [-0.25, -0.2) is 0 Å². The van der Waals surface area contributed by atoms with Crippen molar-refractivity contribution in [3.8, 4) is 22.6 Å². The molecule has 0 spiro atoms. The van der Waals surface area contributed by atoms with Crippen LogP contribution in [-0.4, -0.2) is 30.9 Å². The molecule has 1 N–H and O–H groups in total. The van der Waals surface area contributed by atoms with Gasteiger partial charge in [-0.3, -0.25) is 10.1 Å². The molecule has 0 unspecified atom stereocenters. The Bertz CT molecular complexity index is 1240. The van der Waals surface area contributed by atoms with Gasteiger partial charge in [-0.1, -0.05) is 60.7 Å². The number of hydrogen-bond acceptors (Lipinski definition) is 6. The second-order valence-corrected chi connectivity index (χ2v) is 6.28. The van der Waals surface area contributed by atoms with E-state index in [4.69, 9.17) is 4.42 Å². The summed E-state index contributed by atoms with van der Waals surface area (Å²) in [6.07, 6.45) is 1.55. The van der Waals surface area contributed by atoms with Crippen molar-refractivity contribution in [1.82, 2.24) is 25.0 Å². The molecule has 0 aliphatic carbocycles. The van der Waals surface area contributed by atoms with Gasteiger partial charge in [0.1, 0.15) is 5.69 Å². The molecule has 0 fully saturated rings. The normalized spacial score (nSPS) is 10.9. The topological polar surface area (TPSA) is 98.2 Å². The third-order valence-corrected chi connectivity index (χ3v) is 4.38. The molecule has 2 aromatic carbocycles. The first-order valence-electron chi connectivity index (χ1n) is 8.89. The van der Waals surface area contributed by atoms with E-state index in [1.165, 1.54) is 4.52 Å². The van der Waals surface area contributed by atoms with E-state index in [2.05, 4.69) is 25.8 Å². The van der Waals surface area contributed by atoms with Crippen molar-refractivity contribution < 1.29 is 9.21 Å². The second-order valence-electron chi connectivity index (χ2n) is 6.28. The van der Waals surface area contributed by atoms with Gasteiger partial charge >= 0.3 is 6.01 Å². The average molecular weight is 382 g/mol. The Kier molecular flexibility index (Phi) is 4.06. The van der Waals surface area contributed by atoms with Gasteiger partial charge in [-0.15, -0.1) is 5.10 Å². The monoisotopic (exact) mass is 382 g/mol. The Morgan fingerprint density at radius 1 is 0.897 bits per heavy atom. The highest BCUT2D eigenvalue weighted by molar-refractivity contribution is 6.03. The number of aromatic nitrogens is 5. The van der Waals surface area contributed by atoms with E-state index in [0.29, 0.717) is 22.7 Å². The smallest absolute Gasteiger partial charge is 0.302 e. The number of nitrogens with zero attached hydrogens (tertiary/aromatic N) is 5. The van der Waals surface area contributed by atoms with Crippen LogP contribution in [0.3, 0.4) is 0 Å². The van der Waals surface area contributed by atoms with Crippen molar-refractivity contribution in [2.24, 2.45) is 0 Å². The Morgan fingerprint density at radius 2 is 1.62 bits per heavy atom. The number of anilines is 1. The maximum Gasteiger partial charge on any atom is 0.302 e. The van der Waals surface area contributed by atoms with Crippen LogP contribution in [0.2, 0.25) is 0 Å². The van der Waals surface area contributed by atoms with Crippen LogP contribution in [0.4, 0.5) is 6.01 Å². The van der Waals surface area contributed by atoms with Crippen molar-refractivity contribution in [3.63, 3.8) is 0 Å². The van der Waals surface area contributed by atoms with Crippen molar-refractivity contribution in [1.29, 1.82) is 0 Å². The summed E-state index contributed by atoms with van der Waals surface area (Å²) in [5.74, 6) is 0.214. The predicted octanol–water partition coefficient (Wildman–Crippen LogP) is 3.70. The van der Waals surface area contributed by atoms with E-state index in [1.807, 2.05) is 60.7 Å². The lowest BCUT2D eigenvalue weighted by atomic mass is 10.1. The lowest BCUT2D eigenvalue weighted by Gasteiger charge is -2.01. The van der Waals surface area contributed by atoms with Crippen LogP contribution in [0.25, 0.3) is 28.2 Å². The second kappa shape index (κ2) is 7.01. The van der Waals surface area contributed by atoms with Crippen LogP contribution >= 0.6 is 0 Å². The first kappa shape index (κ1) is 16.8. The predicted molar refractivity (Wildman–Crippen MR) is 106 cm³/mol. The number of benzene rings is 2. The van der Waals surface area contributed by atoms with E-state index in [-0.39, 0.29) is 11.9 Å². The fourth-order valence-corrected chi connectivity index (χ4v) is 3.00. The molecule has 1 amide bonds. The molecule has 8 nitrogen and oxygen atoms in total. The summed E-state index contributed by atoms with van der Waals surface area (Å²) < 4.78 is 7.36. The van der Waals surface area contributed by atoms with Crippen LogP contribution in [0.5, 0.6) is 0 Å². The molecule has 5 rings (SSSR count). The maximum absolute atomic E-state index is 12.7. The minimum atomic E-state index is -0.372. The van der Waals surface area contributed by atoms with E-state index in [1.54, 1.807) is 18.3 Å². The summed E-state index contributed by atoms with van der Waals surface area (Å²) in [6, 6.07) is 22.7. The zero-order valence-corrected chi connectivity index (χ0v) is 15.1. The Morgan fingerprint density at radius 3 is 2.38 bits per heavy atom. The summed E-state index contributed by atoms with van der Waals surface area (Å²) in [7, 11) is 0. The molecule has 3 heterocycles. The molecule has 29 heavy (non-hydrogen) atoms. The zero-order valence-electron chi connectivity index (χ0n) is 15.1. The van der Waals surface area contributed by atoms with Gasteiger partial charge in [-0.2, -0.15) is 9.50 Å². The molecule has 0 aliphatic heterocycles. The molecule has 3 aromatic heterocycles. The van der Waals surface area contributed by atoms with Gasteiger partial charge in [-0.05, 0) is 22.6 Å². The number of nitrogens with one attached hydrogen (secondary N) is 1. The number of tetrazole rings is 1. The molecular weight excluding hydrogens is 368 g/mol. The molecule has 0 saturated carbocycles. The van der Waals surface area contributed by atoms with Gasteiger partial charge in [0.25, 0.3) is 5.91 Å². The fourth-order valence-electron chi connectivity index (χ4n) is 3.00. The molecule has 0 bridgehead atoms. The van der Waals surface area contributed by atoms with Gasteiger partial charge in [0.15, 0.2) is 11.4 Å². The third-order valence-electron chi connectivity index (χ3n) is 4.38. The lowest BCUT2D eigenvalue weighted by molar-refractivity contribution is 0.102. The van der Waals surface area contributed by atoms with E-state index >= 15 is 0 Å². The highest BCUT2D eigenvalue weighted by Gasteiger charge is 2.19. The molecule has 8 heteroatoms. The standard InChI is InChI=1S/C21H14N6O2/c28-20(16-11-12-17-24-25-26-27(17)13-16)23-21-22-18(14-7-3-1-4-8-14)19(29-21)15-9-5-2-6-10-15/h1-13H,(H,22,23,28). The molecular formula is C21H14N6O2. The summed E-state index contributed by atoms with van der Waals surface area (Å²) in [4.78, 5) is 17.2. The lowest BCUT2D eigenvalue weighted by Crippen LogP contribution is -2.13. The Balaban J connectivity index is 1.51. The number of pyridine rings is 1. The Labute approximate surface area is 164 Å². The number of amides is 1. The van der Waals surface area contributed by atoms with Crippen molar-refractivity contribution in [3.05, 3.63) is 84.6 Å². The van der Waals surface area contributed by atoms with E-state index < -0.39 is 0 Å². The van der Waals surface area contributed by atoms with E-state index in [0.717, 1.165) is 11.1 Å². The largest absolute Gasteiger partial charge is 0.423 e. The first-order chi connectivity index (χ1) is 14.3. The number of hydrogen-bond donors (Lipinski definition) is 1. The van der Waals surface area contributed by atoms with Crippen LogP contribution in [0.1, 0.15) is 10.4 Å². The number of carbonyl (C=O) groups is 1. The van der Waals surface area contributed by atoms with Crippen molar-refractivity contribution in [2.75, 3.05) is 5.32 Å². The number of oxazole rings is 1. The summed E-state index contributed by atoms with van der Waals surface area (Å²) in [6.45, 7) is 0. The van der Waals surface area contributed by atoms with Gasteiger partial charge < -0.3 is 4.42 Å². The SMILES string of the molecule is O=C(Nc1nc(-c2ccccc2)c(-c2ccccc2)o1)c1ccc2nnnn2c1. The zero-order chi connectivity index (χ0) is 19.6. The van der Waals surface area contributed by atoms with E-state index in [9.17, 15) is 4.79 Å². The fraction of sp³-hybridized carbons (Fsp3) is 0. The van der Waals surface area contributed by atoms with Crippen molar-refractivity contribution >= 4 is 17.6 Å². The van der Waals surface area contributed by atoms with Crippen molar-refractivity contribution in [2.45, 2.75) is 0 Å². The van der Waals surface area contributed by atoms with Crippen LogP contribution in [0, 0.1) is 0 Å². The minimum Gasteiger partial charge on any atom is -0.423 e. The number of carbonyl (C=O) groups excluding carboxylic acids is 1. The van der Waals surface area contributed by atoms with Gasteiger partial charge in [0.2, 0.25) is 0 Å². The summed E-state index contributed by atoms with van der Waals surface area (Å²) in [5, 5.41) is 13.9. The van der Waals surface area contributed by atoms with Crippen LogP contribution < -0.4 is 5.32 Å². The summed E-state index contributed by atoms with van der Waals surface area (Å²) >= 11 is 0. The number of rotatable bonds is 4. The van der Waals surface area contributed by atoms with Crippen LogP contribution in [0.15, 0.2) is 83.4 Å². The number of fused-ring (bicyclic) bond motifs is 1. The first-order valence-corrected chi connectivity index (χ1v) is 8.89. The maximum atomic E-state index is 12.7. The Hall–Kier alpha value is -4.33. The highest BCUT2D eigenvalue weighted by atomic mass is 16.4. The summed E-state index contributed by atoms with van der Waals surface area (Å²) in [5.41, 5.74) is 3.35. The van der Waals surface area contributed by atoms with Gasteiger partial charge in [0.05, 0.1) is 5.56 Å². The molecule has 0 atom stereocenters. The molecule has 0 radical (unpaired) electrons. The van der Waals surface area contributed by atoms with Gasteiger partial charge in [0, 0.05) is 17.3 Å². The molecule has 0 aliphatic rings. The molecule has 140 valence electrons. The minimum absolute atomic E-state index is 0.115. The molecule has 5 aromatic rings. The van der Waals surface area contributed by atoms with Crippen LogP contribution in [-0.2, 0) is 0 Å². The quantitative estimate of drug-likeness (QED) is 0.509. The molecule has 0 saturated heterocycles. The third kappa shape index (κ3) is 3.23. The average Bonchev–Trinajstić information content (AvgIpc) is 3.41.